The zero-order valence-electron chi connectivity index (χ0n) is 12.6. The van der Waals surface area contributed by atoms with Gasteiger partial charge in [-0.05, 0) is 19.1 Å². The average molecular weight is 330 g/mol. The lowest BCUT2D eigenvalue weighted by atomic mass is 9.95. The Balaban J connectivity index is 2.08. The fraction of sp³-hybridized carbons (Fsp3) is 0.176. The van der Waals surface area contributed by atoms with Crippen LogP contribution in [0.5, 0.6) is 0 Å². The zero-order chi connectivity index (χ0) is 16.8. The maximum absolute atomic E-state index is 12.8. The third kappa shape index (κ3) is 2.35. The van der Waals surface area contributed by atoms with Gasteiger partial charge in [-0.15, -0.1) is 0 Å². The molecule has 3 rings (SSSR count). The number of methoxy groups -OCH3 is 1. The second kappa shape index (κ2) is 5.31. The Labute approximate surface area is 133 Å². The number of benzene rings is 1. The van der Waals surface area contributed by atoms with Crippen molar-refractivity contribution in [3.63, 3.8) is 0 Å². The van der Waals surface area contributed by atoms with Gasteiger partial charge in [0.1, 0.15) is 5.25 Å². The molecule has 1 unspecified atom stereocenters. The molecule has 0 saturated heterocycles. The Bertz CT molecular complexity index is 899. The zero-order valence-corrected chi connectivity index (χ0v) is 13.4. The Morgan fingerprint density at radius 2 is 1.74 bits per heavy atom. The summed E-state index contributed by atoms with van der Waals surface area (Å²) in [5.74, 6) is -1.12. The van der Waals surface area contributed by atoms with Gasteiger partial charge in [0.25, 0.3) is 0 Å². The SMILES string of the molecule is COC1=CC(=O)C2=C(C1=O)C(S(=O)(=O)c1ccc(C)cc1)C=C2. The topological polar surface area (TPSA) is 77.5 Å². The van der Waals surface area contributed by atoms with Crippen molar-refractivity contribution in [2.24, 2.45) is 0 Å². The van der Waals surface area contributed by atoms with Crippen LogP contribution in [0.25, 0.3) is 0 Å². The highest BCUT2D eigenvalue weighted by Crippen LogP contribution is 2.35. The van der Waals surface area contributed by atoms with Gasteiger partial charge in [-0.2, -0.15) is 0 Å². The van der Waals surface area contributed by atoms with Crippen molar-refractivity contribution in [2.45, 2.75) is 17.1 Å². The summed E-state index contributed by atoms with van der Waals surface area (Å²) in [6.07, 6.45) is 3.86. The lowest BCUT2D eigenvalue weighted by Crippen LogP contribution is -2.29. The number of sulfone groups is 1. The number of hydrogen-bond acceptors (Lipinski definition) is 5. The Morgan fingerprint density at radius 1 is 1.09 bits per heavy atom. The van der Waals surface area contributed by atoms with Gasteiger partial charge < -0.3 is 4.74 Å². The van der Waals surface area contributed by atoms with Crippen molar-refractivity contribution >= 4 is 21.4 Å². The van der Waals surface area contributed by atoms with Gasteiger partial charge in [-0.1, -0.05) is 29.8 Å². The summed E-state index contributed by atoms with van der Waals surface area (Å²) in [5, 5.41) is -1.17. The lowest BCUT2D eigenvalue weighted by Gasteiger charge is -2.18. The third-order valence-corrected chi connectivity index (χ3v) is 5.90. The van der Waals surface area contributed by atoms with Gasteiger partial charge in [0, 0.05) is 17.2 Å². The molecular formula is C17H14O5S. The van der Waals surface area contributed by atoms with Crippen LogP contribution in [-0.4, -0.2) is 32.3 Å². The monoisotopic (exact) mass is 330 g/mol. The number of hydrogen-bond donors (Lipinski definition) is 0. The molecule has 5 nitrogen and oxygen atoms in total. The van der Waals surface area contributed by atoms with Crippen molar-refractivity contribution in [3.05, 3.63) is 65.0 Å². The van der Waals surface area contributed by atoms with Crippen molar-refractivity contribution in [2.75, 3.05) is 7.11 Å². The van der Waals surface area contributed by atoms with Crippen LogP contribution in [0.15, 0.2) is 64.3 Å². The molecule has 0 amide bonds. The molecule has 0 saturated carbocycles. The van der Waals surface area contributed by atoms with Crippen molar-refractivity contribution in [1.29, 1.82) is 0 Å². The van der Waals surface area contributed by atoms with E-state index in [9.17, 15) is 18.0 Å². The van der Waals surface area contributed by atoms with Crippen LogP contribution in [0, 0.1) is 6.92 Å². The normalized spacial score (nSPS) is 20.6. The van der Waals surface area contributed by atoms with E-state index in [1.807, 2.05) is 6.92 Å². The quantitative estimate of drug-likeness (QED) is 0.788. The van der Waals surface area contributed by atoms with Gasteiger partial charge in [0.2, 0.25) is 5.78 Å². The molecule has 1 aromatic rings. The van der Waals surface area contributed by atoms with E-state index >= 15 is 0 Å². The number of ether oxygens (including phenoxy) is 1. The first-order valence-corrected chi connectivity index (χ1v) is 8.48. The van der Waals surface area contributed by atoms with Crippen LogP contribution in [0.3, 0.4) is 0 Å². The lowest BCUT2D eigenvalue weighted by molar-refractivity contribution is -0.118. The molecule has 1 atom stereocenters. The molecule has 0 aliphatic heterocycles. The molecule has 2 aliphatic rings. The largest absolute Gasteiger partial charge is 0.493 e. The summed E-state index contributed by atoms with van der Waals surface area (Å²) < 4.78 is 30.6. The number of Topliss-reactive ketones (excluding diaryl/α,β-unsaturated/α-hetero) is 1. The molecule has 6 heteroatoms. The van der Waals surface area contributed by atoms with E-state index in [4.69, 9.17) is 4.74 Å². The maximum Gasteiger partial charge on any atom is 0.226 e. The maximum atomic E-state index is 12.8. The summed E-state index contributed by atoms with van der Waals surface area (Å²) in [6.45, 7) is 1.85. The number of carbonyl (C=O) groups is 2. The number of allylic oxidation sites excluding steroid dienone is 4. The van der Waals surface area contributed by atoms with E-state index in [0.29, 0.717) is 0 Å². The smallest absolute Gasteiger partial charge is 0.226 e. The molecule has 1 aromatic carbocycles. The molecule has 0 radical (unpaired) electrons. The van der Waals surface area contributed by atoms with E-state index < -0.39 is 26.7 Å². The van der Waals surface area contributed by atoms with Gasteiger partial charge in [-0.25, -0.2) is 8.42 Å². The van der Waals surface area contributed by atoms with Crippen molar-refractivity contribution in [3.8, 4) is 0 Å². The van der Waals surface area contributed by atoms with Crippen LogP contribution in [0.2, 0.25) is 0 Å². The highest BCUT2D eigenvalue weighted by Gasteiger charge is 2.41. The molecule has 0 aromatic heterocycles. The minimum atomic E-state index is -3.81. The van der Waals surface area contributed by atoms with Gasteiger partial charge in [-0.3, -0.25) is 9.59 Å². The number of ketones is 2. The number of aryl methyl sites for hydroxylation is 1. The van der Waals surface area contributed by atoms with Crippen molar-refractivity contribution < 1.29 is 22.7 Å². The fourth-order valence-corrected chi connectivity index (χ4v) is 4.31. The second-order valence-corrected chi connectivity index (χ2v) is 7.44. The summed E-state index contributed by atoms with van der Waals surface area (Å²) in [5.41, 5.74) is 1.02. The predicted octanol–water partition coefficient (Wildman–Crippen LogP) is 1.69. The highest BCUT2D eigenvalue weighted by atomic mass is 32.2. The second-order valence-electron chi connectivity index (χ2n) is 5.37. The Kier molecular flexibility index (Phi) is 3.56. The fourth-order valence-electron chi connectivity index (χ4n) is 2.67. The number of carbonyl (C=O) groups excluding carboxylic acids is 2. The van der Waals surface area contributed by atoms with Gasteiger partial charge in [0.15, 0.2) is 21.4 Å². The van der Waals surface area contributed by atoms with Crippen LogP contribution < -0.4 is 0 Å². The van der Waals surface area contributed by atoms with Gasteiger partial charge in [0.05, 0.1) is 12.0 Å². The summed E-state index contributed by atoms with van der Waals surface area (Å²) in [4.78, 5) is 24.6. The molecular weight excluding hydrogens is 316 g/mol. The van der Waals surface area contributed by atoms with Gasteiger partial charge >= 0.3 is 0 Å². The summed E-state index contributed by atoms with van der Waals surface area (Å²) in [6, 6.07) is 6.38. The Morgan fingerprint density at radius 3 is 2.35 bits per heavy atom. The summed E-state index contributed by atoms with van der Waals surface area (Å²) in [7, 11) is -2.54. The Hall–Kier alpha value is -2.47. The first kappa shape index (κ1) is 15.4. The van der Waals surface area contributed by atoms with Crippen LogP contribution in [0.1, 0.15) is 5.56 Å². The first-order valence-electron chi connectivity index (χ1n) is 6.94. The van der Waals surface area contributed by atoms with E-state index in [-0.39, 0.29) is 21.8 Å². The standard InChI is InChI=1S/C17H14O5S/c1-10-3-5-11(6-4-10)23(20,21)15-8-7-12-13(18)9-14(22-2)17(19)16(12)15/h3-9,15H,1-2H3. The van der Waals surface area contributed by atoms with Crippen LogP contribution in [-0.2, 0) is 24.2 Å². The summed E-state index contributed by atoms with van der Waals surface area (Å²) >= 11 is 0. The minimum absolute atomic E-state index is 0.0325. The molecule has 0 heterocycles. The van der Waals surface area contributed by atoms with E-state index in [2.05, 4.69) is 0 Å². The molecule has 0 fully saturated rings. The van der Waals surface area contributed by atoms with E-state index in [1.54, 1.807) is 12.1 Å². The van der Waals surface area contributed by atoms with E-state index in [0.717, 1.165) is 11.6 Å². The minimum Gasteiger partial charge on any atom is -0.493 e. The van der Waals surface area contributed by atoms with Crippen LogP contribution >= 0.6 is 0 Å². The molecule has 2 aliphatic carbocycles. The molecule has 0 spiro atoms. The van der Waals surface area contributed by atoms with E-state index in [1.165, 1.54) is 31.4 Å². The molecule has 23 heavy (non-hydrogen) atoms. The average Bonchev–Trinajstić information content (AvgIpc) is 2.98. The molecule has 0 N–H and O–H groups in total. The highest BCUT2D eigenvalue weighted by molar-refractivity contribution is 7.92. The molecule has 0 bridgehead atoms. The third-order valence-electron chi connectivity index (χ3n) is 3.91. The predicted molar refractivity (Wildman–Crippen MR) is 83.4 cm³/mol. The molecule has 118 valence electrons. The first-order chi connectivity index (χ1) is 10.9. The van der Waals surface area contributed by atoms with Crippen LogP contribution in [0.4, 0.5) is 0 Å². The number of rotatable bonds is 3. The van der Waals surface area contributed by atoms with Crippen molar-refractivity contribution in [1.82, 2.24) is 0 Å².